The van der Waals surface area contributed by atoms with E-state index in [1.54, 1.807) is 0 Å². The average molecular weight is 223 g/mol. The second-order valence-electron chi connectivity index (χ2n) is 4.01. The lowest BCUT2D eigenvalue weighted by Crippen LogP contribution is -2.24. The molecular weight excluding hydrogens is 206 g/mol. The standard InChI is InChI=1S/C12H17NO3/c1-8-6-13-7-10-4-3-9(12(14)15-2)5-11(10)16-8/h3-5,8,12-14H,6-7H2,1-2H3/t8-,12?/m1/s1. The van der Waals surface area contributed by atoms with Crippen molar-refractivity contribution in [1.82, 2.24) is 5.32 Å². The van der Waals surface area contributed by atoms with E-state index in [4.69, 9.17) is 9.47 Å². The van der Waals surface area contributed by atoms with Gasteiger partial charge in [0.05, 0.1) is 0 Å². The molecule has 2 N–H and O–H groups in total. The number of nitrogens with one attached hydrogen (secondary N) is 1. The number of fused-ring (bicyclic) bond motifs is 1. The summed E-state index contributed by atoms with van der Waals surface area (Å²) in [6.07, 6.45) is -0.753. The van der Waals surface area contributed by atoms with Crippen molar-refractivity contribution in [3.8, 4) is 5.75 Å². The summed E-state index contributed by atoms with van der Waals surface area (Å²) in [5.41, 5.74) is 1.83. The molecule has 1 aromatic rings. The molecule has 1 aliphatic heterocycles. The first-order chi connectivity index (χ1) is 7.70. The summed E-state index contributed by atoms with van der Waals surface area (Å²) < 4.78 is 10.6. The summed E-state index contributed by atoms with van der Waals surface area (Å²) >= 11 is 0. The molecule has 2 rings (SSSR count). The fourth-order valence-corrected chi connectivity index (χ4v) is 1.79. The molecule has 4 heteroatoms. The Balaban J connectivity index is 2.29. The summed E-state index contributed by atoms with van der Waals surface area (Å²) in [4.78, 5) is 0. The minimum absolute atomic E-state index is 0.135. The van der Waals surface area contributed by atoms with Gasteiger partial charge in [-0.15, -0.1) is 0 Å². The normalized spacial score (nSPS) is 21.8. The van der Waals surface area contributed by atoms with E-state index in [0.29, 0.717) is 0 Å². The summed E-state index contributed by atoms with van der Waals surface area (Å²) in [5.74, 6) is 0.825. The Hall–Kier alpha value is -1.10. The van der Waals surface area contributed by atoms with Crippen molar-refractivity contribution >= 4 is 0 Å². The van der Waals surface area contributed by atoms with Crippen molar-refractivity contribution in [1.29, 1.82) is 0 Å². The van der Waals surface area contributed by atoms with Crippen LogP contribution in [0.5, 0.6) is 5.75 Å². The van der Waals surface area contributed by atoms with E-state index in [1.807, 2.05) is 25.1 Å². The molecule has 88 valence electrons. The van der Waals surface area contributed by atoms with Gasteiger partial charge in [0.1, 0.15) is 11.9 Å². The zero-order chi connectivity index (χ0) is 11.5. The minimum Gasteiger partial charge on any atom is -0.489 e. The Morgan fingerprint density at radius 1 is 1.56 bits per heavy atom. The summed E-state index contributed by atoms with van der Waals surface area (Å²) in [7, 11) is 1.47. The lowest BCUT2D eigenvalue weighted by molar-refractivity contribution is -0.0770. The van der Waals surface area contributed by atoms with E-state index in [-0.39, 0.29) is 6.10 Å². The molecule has 4 nitrogen and oxygen atoms in total. The fourth-order valence-electron chi connectivity index (χ4n) is 1.79. The zero-order valence-electron chi connectivity index (χ0n) is 9.56. The van der Waals surface area contributed by atoms with Crippen LogP contribution in [-0.4, -0.2) is 24.9 Å². The number of aliphatic hydroxyl groups excluding tert-OH is 1. The average Bonchev–Trinajstić information content (AvgIpc) is 2.47. The monoisotopic (exact) mass is 223 g/mol. The van der Waals surface area contributed by atoms with E-state index < -0.39 is 6.29 Å². The number of ether oxygens (including phenoxy) is 2. The van der Waals surface area contributed by atoms with Gasteiger partial charge in [-0.05, 0) is 13.0 Å². The first kappa shape index (κ1) is 11.4. The van der Waals surface area contributed by atoms with Crippen molar-refractivity contribution in [2.45, 2.75) is 25.9 Å². The molecule has 0 bridgehead atoms. The summed E-state index contributed by atoms with van der Waals surface area (Å²) in [6, 6.07) is 5.65. The van der Waals surface area contributed by atoms with Crippen LogP contribution in [0.15, 0.2) is 18.2 Å². The summed E-state index contributed by atoms with van der Waals surface area (Å²) in [5, 5.41) is 12.9. The molecule has 1 heterocycles. The molecule has 0 aliphatic carbocycles. The first-order valence-corrected chi connectivity index (χ1v) is 5.41. The van der Waals surface area contributed by atoms with E-state index in [0.717, 1.165) is 30.0 Å². The summed E-state index contributed by atoms with van der Waals surface area (Å²) in [6.45, 7) is 3.64. The predicted octanol–water partition coefficient (Wildman–Crippen LogP) is 1.19. The van der Waals surface area contributed by atoms with Crippen LogP contribution in [0.25, 0.3) is 0 Å². The van der Waals surface area contributed by atoms with Crippen molar-refractivity contribution in [3.63, 3.8) is 0 Å². The van der Waals surface area contributed by atoms with Gasteiger partial charge in [-0.1, -0.05) is 12.1 Å². The molecule has 0 fully saturated rings. The van der Waals surface area contributed by atoms with Crippen LogP contribution < -0.4 is 10.1 Å². The molecule has 0 radical (unpaired) electrons. The third-order valence-corrected chi connectivity index (χ3v) is 2.68. The molecule has 1 unspecified atom stereocenters. The highest BCUT2D eigenvalue weighted by molar-refractivity contribution is 5.38. The highest BCUT2D eigenvalue weighted by atomic mass is 16.6. The Labute approximate surface area is 95.2 Å². The second kappa shape index (κ2) is 4.82. The Bertz CT molecular complexity index is 367. The number of benzene rings is 1. The maximum absolute atomic E-state index is 9.57. The number of rotatable bonds is 2. The molecule has 1 aromatic carbocycles. The van der Waals surface area contributed by atoms with Crippen LogP contribution in [0, 0.1) is 0 Å². The molecule has 0 saturated carbocycles. The van der Waals surface area contributed by atoms with Crippen molar-refractivity contribution < 1.29 is 14.6 Å². The quantitative estimate of drug-likeness (QED) is 0.740. The van der Waals surface area contributed by atoms with Gasteiger partial charge in [0.25, 0.3) is 0 Å². The lowest BCUT2D eigenvalue weighted by atomic mass is 10.1. The van der Waals surface area contributed by atoms with Crippen molar-refractivity contribution in [2.75, 3.05) is 13.7 Å². The molecule has 1 aliphatic rings. The SMILES string of the molecule is COC(O)c1ccc2c(c1)O[C@H](C)CNC2. The van der Waals surface area contributed by atoms with E-state index >= 15 is 0 Å². The van der Waals surface area contributed by atoms with Gasteiger partial charge in [0.15, 0.2) is 6.29 Å². The van der Waals surface area contributed by atoms with Gasteiger partial charge >= 0.3 is 0 Å². The van der Waals surface area contributed by atoms with Gasteiger partial charge in [-0.25, -0.2) is 0 Å². The van der Waals surface area contributed by atoms with Crippen LogP contribution in [-0.2, 0) is 11.3 Å². The highest BCUT2D eigenvalue weighted by Gasteiger charge is 2.15. The number of methoxy groups -OCH3 is 1. The molecule has 2 atom stereocenters. The molecule has 0 aromatic heterocycles. The smallest absolute Gasteiger partial charge is 0.180 e. The van der Waals surface area contributed by atoms with Crippen molar-refractivity contribution in [3.05, 3.63) is 29.3 Å². The third kappa shape index (κ3) is 2.35. The predicted molar refractivity (Wildman–Crippen MR) is 60.2 cm³/mol. The Morgan fingerprint density at radius 3 is 3.12 bits per heavy atom. The van der Waals surface area contributed by atoms with Crippen molar-refractivity contribution in [2.24, 2.45) is 0 Å². The van der Waals surface area contributed by atoms with Gasteiger partial charge in [-0.2, -0.15) is 0 Å². The molecule has 0 saturated heterocycles. The Kier molecular flexibility index (Phi) is 3.43. The van der Waals surface area contributed by atoms with Crippen LogP contribution in [0.3, 0.4) is 0 Å². The van der Waals surface area contributed by atoms with Gasteiger partial charge < -0.3 is 19.9 Å². The largest absolute Gasteiger partial charge is 0.489 e. The molecule has 0 spiro atoms. The van der Waals surface area contributed by atoms with Crippen LogP contribution in [0.1, 0.15) is 24.3 Å². The topological polar surface area (TPSA) is 50.7 Å². The lowest BCUT2D eigenvalue weighted by Gasteiger charge is -2.15. The van der Waals surface area contributed by atoms with E-state index in [1.165, 1.54) is 7.11 Å². The number of aliphatic hydroxyl groups is 1. The van der Waals surface area contributed by atoms with Crippen LogP contribution in [0.2, 0.25) is 0 Å². The maximum atomic E-state index is 9.57. The van der Waals surface area contributed by atoms with Gasteiger partial charge in [-0.3, -0.25) is 0 Å². The van der Waals surface area contributed by atoms with E-state index in [2.05, 4.69) is 5.32 Å². The second-order valence-corrected chi connectivity index (χ2v) is 4.01. The fraction of sp³-hybridized carbons (Fsp3) is 0.500. The third-order valence-electron chi connectivity index (χ3n) is 2.68. The first-order valence-electron chi connectivity index (χ1n) is 5.41. The Morgan fingerprint density at radius 2 is 2.38 bits per heavy atom. The molecular formula is C12H17NO3. The van der Waals surface area contributed by atoms with Crippen LogP contribution in [0.4, 0.5) is 0 Å². The number of hydrogen-bond donors (Lipinski definition) is 2. The maximum Gasteiger partial charge on any atom is 0.180 e. The zero-order valence-corrected chi connectivity index (χ0v) is 9.56. The van der Waals surface area contributed by atoms with E-state index in [9.17, 15) is 5.11 Å². The highest BCUT2D eigenvalue weighted by Crippen LogP contribution is 2.26. The van der Waals surface area contributed by atoms with Gasteiger partial charge in [0, 0.05) is 31.3 Å². The number of hydrogen-bond acceptors (Lipinski definition) is 4. The molecule has 16 heavy (non-hydrogen) atoms. The minimum atomic E-state index is -0.889. The van der Waals surface area contributed by atoms with Gasteiger partial charge in [0.2, 0.25) is 0 Å². The van der Waals surface area contributed by atoms with Crippen LogP contribution >= 0.6 is 0 Å². The molecule has 0 amide bonds.